The maximum Gasteiger partial charge on any atom is 0.354 e. The van der Waals surface area contributed by atoms with Crippen molar-refractivity contribution in [3.63, 3.8) is 0 Å². The zero-order valence-electron chi connectivity index (χ0n) is 14.5. The number of esters is 2. The second-order valence-electron chi connectivity index (χ2n) is 5.47. The molecule has 0 radical (unpaired) electrons. The van der Waals surface area contributed by atoms with E-state index in [1.165, 1.54) is 38.5 Å². The number of benzene rings is 1. The molecular weight excluding hydrogens is 348 g/mol. The van der Waals surface area contributed by atoms with E-state index < -0.39 is 22.0 Å². The summed E-state index contributed by atoms with van der Waals surface area (Å²) in [6.45, 7) is 4.13. The van der Waals surface area contributed by atoms with Crippen molar-refractivity contribution in [3.05, 3.63) is 36.0 Å². The summed E-state index contributed by atoms with van der Waals surface area (Å²) in [6, 6.07) is 5.71. The number of methoxy groups -OCH3 is 2. The van der Waals surface area contributed by atoms with Gasteiger partial charge in [-0.15, -0.1) is 0 Å². The van der Waals surface area contributed by atoms with Crippen LogP contribution in [0.15, 0.2) is 40.9 Å². The van der Waals surface area contributed by atoms with E-state index in [2.05, 4.69) is 19.5 Å². The van der Waals surface area contributed by atoms with Gasteiger partial charge < -0.3 is 14.8 Å². The van der Waals surface area contributed by atoms with E-state index in [9.17, 15) is 18.0 Å². The van der Waals surface area contributed by atoms with Gasteiger partial charge in [0, 0.05) is 12.2 Å². The minimum Gasteiger partial charge on any atom is -0.466 e. The maximum absolute atomic E-state index is 12.1. The molecule has 8 nitrogen and oxygen atoms in total. The van der Waals surface area contributed by atoms with E-state index in [0.29, 0.717) is 12.2 Å². The smallest absolute Gasteiger partial charge is 0.354 e. The molecule has 0 saturated heterocycles. The average Bonchev–Trinajstić information content (AvgIpc) is 2.59. The number of hydrogen-bond acceptors (Lipinski definition) is 7. The fourth-order valence-corrected chi connectivity index (χ4v) is 2.88. The SMILES string of the molecule is COC(=O)/C=C(/Nc1ccc(S(=O)(=O)NCC(C)C)cc1)C(=O)OC. The van der Waals surface area contributed by atoms with E-state index in [0.717, 1.165) is 6.08 Å². The van der Waals surface area contributed by atoms with E-state index >= 15 is 0 Å². The summed E-state index contributed by atoms with van der Waals surface area (Å²) >= 11 is 0. The molecule has 9 heteroatoms. The third-order valence-electron chi connectivity index (χ3n) is 2.99. The van der Waals surface area contributed by atoms with Gasteiger partial charge in [0.1, 0.15) is 5.70 Å². The highest BCUT2D eigenvalue weighted by molar-refractivity contribution is 7.89. The summed E-state index contributed by atoms with van der Waals surface area (Å²) in [5.41, 5.74) is 0.270. The summed E-state index contributed by atoms with van der Waals surface area (Å²) in [5.74, 6) is -1.31. The molecule has 2 N–H and O–H groups in total. The van der Waals surface area contributed by atoms with Gasteiger partial charge in [-0.3, -0.25) is 0 Å². The lowest BCUT2D eigenvalue weighted by molar-refractivity contribution is -0.138. The third kappa shape index (κ3) is 6.55. The summed E-state index contributed by atoms with van der Waals surface area (Å²) in [4.78, 5) is 23.1. The largest absolute Gasteiger partial charge is 0.466 e. The molecule has 1 aromatic carbocycles. The number of carbonyl (C=O) groups excluding carboxylic acids is 2. The topological polar surface area (TPSA) is 111 Å². The van der Waals surface area contributed by atoms with Crippen LogP contribution in [-0.4, -0.2) is 41.1 Å². The zero-order valence-corrected chi connectivity index (χ0v) is 15.3. The molecule has 0 aromatic heterocycles. The Morgan fingerprint density at radius 2 is 1.72 bits per heavy atom. The lowest BCUT2D eigenvalue weighted by Gasteiger charge is -2.11. The van der Waals surface area contributed by atoms with E-state index in [4.69, 9.17) is 0 Å². The first-order chi connectivity index (χ1) is 11.7. The fraction of sp³-hybridized carbons (Fsp3) is 0.375. The maximum atomic E-state index is 12.1. The highest BCUT2D eigenvalue weighted by atomic mass is 32.2. The quantitative estimate of drug-likeness (QED) is 0.523. The number of carbonyl (C=O) groups is 2. The minimum atomic E-state index is -3.60. The monoisotopic (exact) mass is 370 g/mol. The molecule has 1 rings (SSSR count). The molecule has 0 unspecified atom stereocenters. The van der Waals surface area contributed by atoms with Gasteiger partial charge >= 0.3 is 11.9 Å². The summed E-state index contributed by atoms with van der Waals surface area (Å²) in [5, 5.41) is 2.69. The summed E-state index contributed by atoms with van der Waals surface area (Å²) in [6.07, 6.45) is 0.945. The molecule has 0 aliphatic heterocycles. The molecule has 25 heavy (non-hydrogen) atoms. The first kappa shape index (κ1) is 20.7. The van der Waals surface area contributed by atoms with Gasteiger partial charge in [-0.1, -0.05) is 13.8 Å². The van der Waals surface area contributed by atoms with Crippen LogP contribution in [0, 0.1) is 5.92 Å². The Hall–Kier alpha value is -2.39. The van der Waals surface area contributed by atoms with Crippen molar-refractivity contribution >= 4 is 27.6 Å². The Balaban J connectivity index is 2.96. The van der Waals surface area contributed by atoms with Crippen molar-refractivity contribution in [2.75, 3.05) is 26.1 Å². The third-order valence-corrected chi connectivity index (χ3v) is 4.43. The van der Waals surface area contributed by atoms with Crippen LogP contribution in [0.25, 0.3) is 0 Å². The zero-order chi connectivity index (χ0) is 19.0. The lowest BCUT2D eigenvalue weighted by atomic mass is 10.2. The first-order valence-electron chi connectivity index (χ1n) is 7.44. The van der Waals surface area contributed by atoms with Crippen LogP contribution in [0.2, 0.25) is 0 Å². The number of nitrogens with one attached hydrogen (secondary N) is 2. The van der Waals surface area contributed by atoms with E-state index in [1.54, 1.807) is 0 Å². The van der Waals surface area contributed by atoms with Gasteiger partial charge in [-0.25, -0.2) is 22.7 Å². The van der Waals surface area contributed by atoms with E-state index in [1.807, 2.05) is 13.8 Å². The van der Waals surface area contributed by atoms with Crippen LogP contribution in [-0.2, 0) is 29.1 Å². The highest BCUT2D eigenvalue weighted by Gasteiger charge is 2.16. The molecule has 0 amide bonds. The summed E-state index contributed by atoms with van der Waals surface area (Å²) < 4.78 is 35.8. The van der Waals surface area contributed by atoms with Gasteiger partial charge in [-0.05, 0) is 30.2 Å². The van der Waals surface area contributed by atoms with E-state index in [-0.39, 0.29) is 16.5 Å². The van der Waals surface area contributed by atoms with Crippen molar-refractivity contribution in [1.82, 2.24) is 4.72 Å². The number of hydrogen-bond donors (Lipinski definition) is 2. The summed E-state index contributed by atoms with van der Waals surface area (Å²) in [7, 11) is -1.25. The molecule has 0 saturated carbocycles. The molecule has 0 bridgehead atoms. The standard InChI is InChI=1S/C16H22N2O6S/c1-11(2)10-17-25(21,22)13-7-5-12(6-8-13)18-14(16(20)24-4)9-15(19)23-3/h5-9,11,17-18H,10H2,1-4H3/b14-9+. The molecule has 0 aliphatic carbocycles. The number of rotatable bonds is 8. The molecule has 1 aromatic rings. The molecule has 138 valence electrons. The number of anilines is 1. The van der Waals surface area contributed by atoms with Crippen LogP contribution in [0.1, 0.15) is 13.8 Å². The van der Waals surface area contributed by atoms with Crippen molar-refractivity contribution in [2.24, 2.45) is 5.92 Å². The Labute approximate surface area is 147 Å². The Kier molecular flexibility index (Phi) is 7.59. The van der Waals surface area contributed by atoms with Gasteiger partial charge in [0.05, 0.1) is 25.2 Å². The Morgan fingerprint density at radius 3 is 2.20 bits per heavy atom. The van der Waals surface area contributed by atoms with Gasteiger partial charge in [-0.2, -0.15) is 0 Å². The Morgan fingerprint density at radius 1 is 1.12 bits per heavy atom. The number of ether oxygens (including phenoxy) is 2. The molecule has 0 fully saturated rings. The molecule has 0 aliphatic rings. The molecule has 0 heterocycles. The van der Waals surface area contributed by atoms with Crippen molar-refractivity contribution in [1.29, 1.82) is 0 Å². The van der Waals surface area contributed by atoms with Crippen LogP contribution < -0.4 is 10.0 Å². The predicted molar refractivity (Wildman–Crippen MR) is 92.2 cm³/mol. The molecular formula is C16H22N2O6S. The van der Waals surface area contributed by atoms with Crippen LogP contribution in [0.4, 0.5) is 5.69 Å². The van der Waals surface area contributed by atoms with Crippen LogP contribution >= 0.6 is 0 Å². The van der Waals surface area contributed by atoms with Gasteiger partial charge in [0.25, 0.3) is 0 Å². The average molecular weight is 370 g/mol. The number of sulfonamides is 1. The Bertz CT molecular complexity index is 738. The molecule has 0 spiro atoms. The molecule has 0 atom stereocenters. The second-order valence-corrected chi connectivity index (χ2v) is 7.23. The fourth-order valence-electron chi connectivity index (χ4n) is 1.67. The van der Waals surface area contributed by atoms with Gasteiger partial charge in [0.2, 0.25) is 10.0 Å². The predicted octanol–water partition coefficient (Wildman–Crippen LogP) is 1.26. The van der Waals surface area contributed by atoms with Gasteiger partial charge in [0.15, 0.2) is 0 Å². The highest BCUT2D eigenvalue weighted by Crippen LogP contribution is 2.16. The lowest BCUT2D eigenvalue weighted by Crippen LogP contribution is -2.27. The van der Waals surface area contributed by atoms with Crippen molar-refractivity contribution in [3.8, 4) is 0 Å². The first-order valence-corrected chi connectivity index (χ1v) is 8.92. The minimum absolute atomic E-state index is 0.0928. The van der Waals surface area contributed by atoms with Crippen LogP contribution in [0.5, 0.6) is 0 Å². The van der Waals surface area contributed by atoms with Crippen molar-refractivity contribution in [2.45, 2.75) is 18.7 Å². The second kappa shape index (κ2) is 9.19. The van der Waals surface area contributed by atoms with Crippen molar-refractivity contribution < 1.29 is 27.5 Å². The normalized spacial score (nSPS) is 12.0. The van der Waals surface area contributed by atoms with Crippen LogP contribution in [0.3, 0.4) is 0 Å².